The topological polar surface area (TPSA) is 91.7 Å². The van der Waals surface area contributed by atoms with E-state index in [-0.39, 0.29) is 18.0 Å². The Balaban J connectivity index is 1.62. The predicted molar refractivity (Wildman–Crippen MR) is 117 cm³/mol. The zero-order valence-electron chi connectivity index (χ0n) is 17.8. The molecule has 0 unspecified atom stereocenters. The van der Waals surface area contributed by atoms with E-state index in [1.807, 2.05) is 31.2 Å². The molecule has 8 nitrogen and oxygen atoms in total. The lowest BCUT2D eigenvalue weighted by Crippen LogP contribution is -2.30. The van der Waals surface area contributed by atoms with Crippen molar-refractivity contribution >= 4 is 5.91 Å². The summed E-state index contributed by atoms with van der Waals surface area (Å²) in [6.45, 7) is 3.07. The van der Waals surface area contributed by atoms with Crippen molar-refractivity contribution in [3.63, 3.8) is 0 Å². The molecule has 0 bridgehead atoms. The average Bonchev–Trinajstić information content (AvgIpc) is 2.80. The number of methoxy groups -OCH3 is 2. The first-order chi connectivity index (χ1) is 15.0. The molecule has 1 N–H and O–H groups in total. The van der Waals surface area contributed by atoms with Crippen LogP contribution >= 0.6 is 0 Å². The van der Waals surface area contributed by atoms with Crippen LogP contribution in [-0.4, -0.2) is 42.8 Å². The molecule has 1 heterocycles. The zero-order chi connectivity index (χ0) is 22.2. The molecule has 3 rings (SSSR count). The van der Waals surface area contributed by atoms with Crippen molar-refractivity contribution in [1.82, 2.24) is 14.9 Å². The maximum atomic E-state index is 12.4. The van der Waals surface area contributed by atoms with E-state index in [0.717, 1.165) is 11.3 Å². The van der Waals surface area contributed by atoms with E-state index in [1.165, 1.54) is 31.2 Å². The van der Waals surface area contributed by atoms with Crippen LogP contribution in [-0.2, 0) is 6.54 Å². The number of benzene rings is 2. The Morgan fingerprint density at radius 2 is 1.68 bits per heavy atom. The fourth-order valence-corrected chi connectivity index (χ4v) is 2.97. The third kappa shape index (κ3) is 5.63. The Labute approximate surface area is 180 Å². The highest BCUT2D eigenvalue weighted by Gasteiger charge is 2.10. The van der Waals surface area contributed by atoms with Gasteiger partial charge in [0, 0.05) is 36.3 Å². The summed E-state index contributed by atoms with van der Waals surface area (Å²) in [6.07, 6.45) is 1.48. The number of ether oxygens (including phenoxy) is 3. The molecule has 0 saturated heterocycles. The third-order valence-electron chi connectivity index (χ3n) is 4.59. The van der Waals surface area contributed by atoms with Crippen LogP contribution in [0.1, 0.15) is 17.3 Å². The molecule has 1 aromatic heterocycles. The molecule has 3 aromatic rings. The van der Waals surface area contributed by atoms with Gasteiger partial charge < -0.3 is 19.5 Å². The summed E-state index contributed by atoms with van der Waals surface area (Å²) in [5, 5.41) is 2.79. The largest absolute Gasteiger partial charge is 0.497 e. The number of nitrogens with zero attached hydrogens (tertiary/aromatic N) is 2. The van der Waals surface area contributed by atoms with E-state index in [9.17, 15) is 9.59 Å². The second kappa shape index (κ2) is 10.3. The number of amides is 1. The van der Waals surface area contributed by atoms with Crippen LogP contribution in [0.2, 0.25) is 0 Å². The van der Waals surface area contributed by atoms with Crippen LogP contribution in [0.3, 0.4) is 0 Å². The first-order valence-electron chi connectivity index (χ1n) is 9.85. The molecule has 0 aliphatic heterocycles. The maximum absolute atomic E-state index is 12.4. The first-order valence-corrected chi connectivity index (χ1v) is 9.85. The highest BCUT2D eigenvalue weighted by Crippen LogP contribution is 2.22. The van der Waals surface area contributed by atoms with Crippen molar-refractivity contribution in [2.24, 2.45) is 0 Å². The lowest BCUT2D eigenvalue weighted by molar-refractivity contribution is 0.0951. The van der Waals surface area contributed by atoms with Crippen LogP contribution < -0.4 is 25.1 Å². The quantitative estimate of drug-likeness (QED) is 0.569. The van der Waals surface area contributed by atoms with Crippen LogP contribution in [0.5, 0.6) is 17.2 Å². The van der Waals surface area contributed by atoms with Gasteiger partial charge in [-0.15, -0.1) is 0 Å². The van der Waals surface area contributed by atoms with E-state index in [0.29, 0.717) is 35.9 Å². The summed E-state index contributed by atoms with van der Waals surface area (Å²) in [5.74, 6) is 1.53. The smallest absolute Gasteiger partial charge is 0.253 e. The molecule has 31 heavy (non-hydrogen) atoms. The van der Waals surface area contributed by atoms with Crippen molar-refractivity contribution in [2.75, 3.05) is 27.4 Å². The molecule has 0 aliphatic carbocycles. The van der Waals surface area contributed by atoms with Crippen LogP contribution in [0.15, 0.2) is 59.7 Å². The van der Waals surface area contributed by atoms with Crippen molar-refractivity contribution in [3.05, 3.63) is 70.8 Å². The molecule has 0 radical (unpaired) electrons. The van der Waals surface area contributed by atoms with Crippen molar-refractivity contribution in [1.29, 1.82) is 0 Å². The number of hydrogen-bond donors (Lipinski definition) is 1. The van der Waals surface area contributed by atoms with Gasteiger partial charge in [-0.1, -0.05) is 0 Å². The fourth-order valence-electron chi connectivity index (χ4n) is 2.97. The second-order valence-corrected chi connectivity index (χ2v) is 6.62. The first kappa shape index (κ1) is 21.9. The van der Waals surface area contributed by atoms with Crippen molar-refractivity contribution in [3.8, 4) is 28.5 Å². The van der Waals surface area contributed by atoms with Gasteiger partial charge in [-0.2, -0.15) is 0 Å². The van der Waals surface area contributed by atoms with Crippen LogP contribution in [0, 0.1) is 0 Å². The molecule has 162 valence electrons. The van der Waals surface area contributed by atoms with Crippen LogP contribution in [0.25, 0.3) is 11.3 Å². The molecule has 0 atom stereocenters. The van der Waals surface area contributed by atoms with Crippen LogP contribution in [0.4, 0.5) is 0 Å². The van der Waals surface area contributed by atoms with Gasteiger partial charge in [0.2, 0.25) is 0 Å². The highest BCUT2D eigenvalue weighted by atomic mass is 16.5. The fraction of sp³-hybridized carbons (Fsp3) is 0.261. The average molecular weight is 423 g/mol. The van der Waals surface area contributed by atoms with Crippen molar-refractivity contribution < 1.29 is 19.0 Å². The molecule has 1 amide bonds. The monoisotopic (exact) mass is 423 g/mol. The van der Waals surface area contributed by atoms with Gasteiger partial charge in [0.15, 0.2) is 0 Å². The molecule has 0 saturated carbocycles. The minimum absolute atomic E-state index is 0.198. The molecule has 0 spiro atoms. The van der Waals surface area contributed by atoms with E-state index in [2.05, 4.69) is 10.3 Å². The van der Waals surface area contributed by atoms with E-state index >= 15 is 0 Å². The van der Waals surface area contributed by atoms with Gasteiger partial charge in [0.25, 0.3) is 11.5 Å². The number of aromatic nitrogens is 2. The number of rotatable bonds is 9. The molecule has 8 heteroatoms. The van der Waals surface area contributed by atoms with Gasteiger partial charge in [0.1, 0.15) is 17.2 Å². The number of carbonyl (C=O) groups is 1. The Morgan fingerprint density at radius 3 is 2.26 bits per heavy atom. The standard InChI is InChI=1S/C23H25N3O5/c1-4-31-18-7-5-16(6-8-18)21-14-22(27)26(15-25-21)10-9-24-23(28)17-11-19(29-2)13-20(12-17)30-3/h5-8,11-15H,4,9-10H2,1-3H3,(H,24,28). The van der Waals surface area contributed by atoms with Gasteiger partial charge in [-0.05, 0) is 43.3 Å². The lowest BCUT2D eigenvalue weighted by atomic mass is 10.1. The number of hydrogen-bond acceptors (Lipinski definition) is 6. The molecule has 0 fully saturated rings. The summed E-state index contributed by atoms with van der Waals surface area (Å²) < 4.78 is 17.2. The number of carbonyl (C=O) groups excluding carboxylic acids is 1. The minimum Gasteiger partial charge on any atom is -0.497 e. The maximum Gasteiger partial charge on any atom is 0.253 e. The summed E-state index contributed by atoms with van der Waals surface area (Å²) in [4.78, 5) is 29.2. The molecular weight excluding hydrogens is 398 g/mol. The second-order valence-electron chi connectivity index (χ2n) is 6.62. The Morgan fingerprint density at radius 1 is 1.00 bits per heavy atom. The molecule has 2 aromatic carbocycles. The van der Waals surface area contributed by atoms with Gasteiger partial charge in [0.05, 0.1) is 32.8 Å². The minimum atomic E-state index is -0.288. The SMILES string of the molecule is CCOc1ccc(-c2cc(=O)n(CCNC(=O)c3cc(OC)cc(OC)c3)cn2)cc1. The summed E-state index contributed by atoms with van der Waals surface area (Å²) in [5.41, 5.74) is 1.62. The Hall–Kier alpha value is -3.81. The van der Waals surface area contributed by atoms with E-state index < -0.39 is 0 Å². The van der Waals surface area contributed by atoms with Crippen molar-refractivity contribution in [2.45, 2.75) is 13.5 Å². The molecular formula is C23H25N3O5. The Bertz CT molecular complexity index is 1070. The predicted octanol–water partition coefficient (Wildman–Crippen LogP) is 2.76. The van der Waals surface area contributed by atoms with Gasteiger partial charge in [-0.3, -0.25) is 14.2 Å². The normalized spacial score (nSPS) is 10.4. The lowest BCUT2D eigenvalue weighted by Gasteiger charge is -2.10. The van der Waals surface area contributed by atoms with Gasteiger partial charge >= 0.3 is 0 Å². The number of nitrogens with one attached hydrogen (secondary N) is 1. The van der Waals surface area contributed by atoms with Gasteiger partial charge in [-0.25, -0.2) is 4.98 Å². The van der Waals surface area contributed by atoms with E-state index in [1.54, 1.807) is 18.2 Å². The Kier molecular flexibility index (Phi) is 7.26. The summed E-state index contributed by atoms with van der Waals surface area (Å²) >= 11 is 0. The summed E-state index contributed by atoms with van der Waals surface area (Å²) in [7, 11) is 3.04. The third-order valence-corrected chi connectivity index (χ3v) is 4.59. The highest BCUT2D eigenvalue weighted by molar-refractivity contribution is 5.95. The summed E-state index contributed by atoms with van der Waals surface area (Å²) in [6, 6.07) is 13.8. The molecule has 0 aliphatic rings. The van der Waals surface area contributed by atoms with E-state index in [4.69, 9.17) is 14.2 Å². The zero-order valence-corrected chi connectivity index (χ0v) is 17.8.